The summed E-state index contributed by atoms with van der Waals surface area (Å²) >= 11 is 0. The first-order valence-corrected chi connectivity index (χ1v) is 8.15. The van der Waals surface area contributed by atoms with Crippen LogP contribution in [0.15, 0.2) is 67.3 Å². The molecular weight excluding hydrogens is 316 g/mol. The highest BCUT2D eigenvalue weighted by molar-refractivity contribution is 5.76. The van der Waals surface area contributed by atoms with Gasteiger partial charge in [0.1, 0.15) is 24.2 Å². The quantitative estimate of drug-likeness (QED) is 0.718. The van der Waals surface area contributed by atoms with Gasteiger partial charge < -0.3 is 10.1 Å². The van der Waals surface area contributed by atoms with Gasteiger partial charge in [-0.2, -0.15) is 5.10 Å². The minimum atomic E-state index is -0.0750. The van der Waals surface area contributed by atoms with Crippen molar-refractivity contribution in [1.82, 2.24) is 20.1 Å². The van der Waals surface area contributed by atoms with Crippen LogP contribution in [-0.4, -0.2) is 20.7 Å². The van der Waals surface area contributed by atoms with Crippen molar-refractivity contribution < 1.29 is 9.53 Å². The number of aromatic nitrogens is 3. The Balaban J connectivity index is 1.51. The molecule has 0 aliphatic rings. The van der Waals surface area contributed by atoms with Crippen LogP contribution in [0, 0.1) is 0 Å². The van der Waals surface area contributed by atoms with Crippen molar-refractivity contribution in [3.63, 3.8) is 0 Å². The maximum absolute atomic E-state index is 12.0. The molecule has 6 nitrogen and oxygen atoms in total. The van der Waals surface area contributed by atoms with Crippen LogP contribution in [0.25, 0.3) is 0 Å². The summed E-state index contributed by atoms with van der Waals surface area (Å²) in [7, 11) is 0. The lowest BCUT2D eigenvalue weighted by atomic mass is 10.1. The Bertz CT molecular complexity index is 786. The number of rotatable bonds is 7. The molecule has 1 N–H and O–H groups in total. The van der Waals surface area contributed by atoms with Crippen molar-refractivity contribution in [1.29, 1.82) is 0 Å². The number of aryl methyl sites for hydroxylation is 1. The third kappa shape index (κ3) is 4.91. The van der Waals surface area contributed by atoms with Gasteiger partial charge in [-0.15, -0.1) is 0 Å². The van der Waals surface area contributed by atoms with Gasteiger partial charge in [-0.05, 0) is 36.8 Å². The Kier molecular flexibility index (Phi) is 5.41. The number of benzene rings is 2. The lowest BCUT2D eigenvalue weighted by Crippen LogP contribution is -2.27. The summed E-state index contributed by atoms with van der Waals surface area (Å²) in [5, 5.41) is 6.97. The standard InChI is InChI=1S/C19H20N4O2/c1-15(22-19(24)11-12-23-14-20-13-21-23)16-7-9-18(10-8-16)25-17-5-3-2-4-6-17/h2-10,13-15H,11-12H2,1H3,(H,22,24)/t15-/m0/s1. The second kappa shape index (κ2) is 8.10. The highest BCUT2D eigenvalue weighted by Crippen LogP contribution is 2.23. The lowest BCUT2D eigenvalue weighted by molar-refractivity contribution is -0.122. The molecule has 0 fully saturated rings. The molecule has 1 atom stereocenters. The Labute approximate surface area is 146 Å². The normalized spacial score (nSPS) is 11.7. The van der Waals surface area contributed by atoms with E-state index in [4.69, 9.17) is 4.74 Å². The predicted molar refractivity (Wildman–Crippen MR) is 94.2 cm³/mol. The highest BCUT2D eigenvalue weighted by atomic mass is 16.5. The second-order valence-electron chi connectivity index (χ2n) is 5.68. The van der Waals surface area contributed by atoms with Crippen LogP contribution in [0.1, 0.15) is 24.9 Å². The van der Waals surface area contributed by atoms with E-state index in [1.807, 2.05) is 61.5 Å². The summed E-state index contributed by atoms with van der Waals surface area (Å²) in [5.41, 5.74) is 1.02. The van der Waals surface area contributed by atoms with E-state index in [-0.39, 0.29) is 11.9 Å². The molecule has 3 aromatic rings. The molecule has 1 amide bonds. The second-order valence-corrected chi connectivity index (χ2v) is 5.68. The average Bonchev–Trinajstić information content (AvgIpc) is 3.15. The Morgan fingerprint density at radius 2 is 1.84 bits per heavy atom. The molecule has 0 saturated heterocycles. The van der Waals surface area contributed by atoms with Gasteiger partial charge in [0.2, 0.25) is 5.91 Å². The van der Waals surface area contributed by atoms with Crippen molar-refractivity contribution in [2.45, 2.75) is 25.9 Å². The zero-order chi connectivity index (χ0) is 17.5. The van der Waals surface area contributed by atoms with Gasteiger partial charge in [0, 0.05) is 6.42 Å². The molecule has 128 valence electrons. The third-order valence-electron chi connectivity index (χ3n) is 3.77. The van der Waals surface area contributed by atoms with Gasteiger partial charge in [0.05, 0.1) is 12.6 Å². The van der Waals surface area contributed by atoms with E-state index in [9.17, 15) is 4.79 Å². The first-order chi connectivity index (χ1) is 12.2. The number of nitrogens with zero attached hydrogens (tertiary/aromatic N) is 3. The molecule has 0 aliphatic heterocycles. The smallest absolute Gasteiger partial charge is 0.222 e. The SMILES string of the molecule is C[C@H](NC(=O)CCn1cncn1)c1ccc(Oc2ccccc2)cc1. The number of hydrogen-bond acceptors (Lipinski definition) is 4. The predicted octanol–water partition coefficient (Wildman–Crippen LogP) is 3.34. The van der Waals surface area contributed by atoms with Gasteiger partial charge in [0.25, 0.3) is 0 Å². The van der Waals surface area contributed by atoms with E-state index in [1.54, 1.807) is 11.0 Å². The van der Waals surface area contributed by atoms with Crippen LogP contribution in [0.5, 0.6) is 11.5 Å². The molecule has 0 bridgehead atoms. The number of para-hydroxylation sites is 1. The number of hydrogen-bond donors (Lipinski definition) is 1. The first-order valence-electron chi connectivity index (χ1n) is 8.15. The average molecular weight is 336 g/mol. The van der Waals surface area contributed by atoms with Crippen LogP contribution >= 0.6 is 0 Å². The number of carbonyl (C=O) groups is 1. The van der Waals surface area contributed by atoms with Gasteiger partial charge in [-0.3, -0.25) is 9.48 Å². The fourth-order valence-corrected chi connectivity index (χ4v) is 2.41. The first kappa shape index (κ1) is 16.7. The van der Waals surface area contributed by atoms with Crippen molar-refractivity contribution in [2.75, 3.05) is 0 Å². The number of amides is 1. The lowest BCUT2D eigenvalue weighted by Gasteiger charge is -2.15. The molecule has 0 radical (unpaired) electrons. The summed E-state index contributed by atoms with van der Waals surface area (Å²) in [4.78, 5) is 15.9. The topological polar surface area (TPSA) is 69.0 Å². The van der Waals surface area contributed by atoms with Gasteiger partial charge in [-0.25, -0.2) is 4.98 Å². The number of nitrogens with one attached hydrogen (secondary N) is 1. The van der Waals surface area contributed by atoms with E-state index in [1.165, 1.54) is 6.33 Å². The molecule has 3 rings (SSSR count). The molecule has 2 aromatic carbocycles. The van der Waals surface area contributed by atoms with Crippen LogP contribution in [0.4, 0.5) is 0 Å². The largest absolute Gasteiger partial charge is 0.457 e. The molecule has 25 heavy (non-hydrogen) atoms. The monoisotopic (exact) mass is 336 g/mol. The zero-order valence-corrected chi connectivity index (χ0v) is 14.0. The van der Waals surface area contributed by atoms with Crippen molar-refractivity contribution in [2.24, 2.45) is 0 Å². The zero-order valence-electron chi connectivity index (χ0n) is 14.0. The van der Waals surface area contributed by atoms with Crippen molar-refractivity contribution >= 4 is 5.91 Å². The Morgan fingerprint density at radius 1 is 1.12 bits per heavy atom. The molecule has 0 unspecified atom stereocenters. The van der Waals surface area contributed by atoms with E-state index in [2.05, 4.69) is 15.4 Å². The Hall–Kier alpha value is -3.15. The van der Waals surface area contributed by atoms with E-state index < -0.39 is 0 Å². The van der Waals surface area contributed by atoms with Crippen molar-refractivity contribution in [3.05, 3.63) is 72.8 Å². The Morgan fingerprint density at radius 3 is 2.52 bits per heavy atom. The van der Waals surface area contributed by atoms with Crippen LogP contribution in [0.3, 0.4) is 0 Å². The number of ether oxygens (including phenoxy) is 1. The fraction of sp³-hybridized carbons (Fsp3) is 0.211. The molecular formula is C19H20N4O2. The van der Waals surface area contributed by atoms with Gasteiger partial charge in [0.15, 0.2) is 0 Å². The van der Waals surface area contributed by atoms with E-state index in [0.717, 1.165) is 17.1 Å². The van der Waals surface area contributed by atoms with Crippen LogP contribution in [-0.2, 0) is 11.3 Å². The highest BCUT2D eigenvalue weighted by Gasteiger charge is 2.10. The molecule has 0 saturated carbocycles. The molecule has 0 spiro atoms. The summed E-state index contributed by atoms with van der Waals surface area (Å²) in [6.07, 6.45) is 3.42. The number of carbonyl (C=O) groups excluding carboxylic acids is 1. The van der Waals surface area contributed by atoms with Crippen molar-refractivity contribution in [3.8, 4) is 11.5 Å². The van der Waals surface area contributed by atoms with Crippen LogP contribution < -0.4 is 10.1 Å². The third-order valence-corrected chi connectivity index (χ3v) is 3.77. The molecule has 1 aromatic heterocycles. The maximum atomic E-state index is 12.0. The molecule has 6 heteroatoms. The summed E-state index contributed by atoms with van der Waals surface area (Å²) < 4.78 is 7.41. The molecule has 1 heterocycles. The van der Waals surface area contributed by atoms with Crippen LogP contribution in [0.2, 0.25) is 0 Å². The van der Waals surface area contributed by atoms with E-state index >= 15 is 0 Å². The summed E-state index contributed by atoms with van der Waals surface area (Å²) in [5.74, 6) is 1.54. The van der Waals surface area contributed by atoms with E-state index in [0.29, 0.717) is 13.0 Å². The maximum Gasteiger partial charge on any atom is 0.222 e. The summed E-state index contributed by atoms with van der Waals surface area (Å²) in [6, 6.07) is 17.3. The minimum absolute atomic E-state index is 0.0207. The fourth-order valence-electron chi connectivity index (χ4n) is 2.41. The summed E-state index contributed by atoms with van der Waals surface area (Å²) in [6.45, 7) is 2.48. The minimum Gasteiger partial charge on any atom is -0.457 e. The van der Waals surface area contributed by atoms with Gasteiger partial charge in [-0.1, -0.05) is 30.3 Å². The van der Waals surface area contributed by atoms with Gasteiger partial charge >= 0.3 is 0 Å². The molecule has 0 aliphatic carbocycles.